The third-order valence-electron chi connectivity index (χ3n) is 2.37. The van der Waals surface area contributed by atoms with Gasteiger partial charge in [0.05, 0.1) is 25.0 Å². The van der Waals surface area contributed by atoms with Crippen molar-refractivity contribution in [2.24, 2.45) is 0 Å². The van der Waals surface area contributed by atoms with Crippen LogP contribution in [-0.2, 0) is 16.1 Å². The maximum absolute atomic E-state index is 11.1. The molecule has 1 aromatic heterocycles. The number of carboxylic acid groups (broad SMARTS) is 1. The largest absolute Gasteiger partial charge is 0.477 e. The van der Waals surface area contributed by atoms with Gasteiger partial charge >= 0.3 is 5.97 Å². The molecule has 0 fully saturated rings. The summed E-state index contributed by atoms with van der Waals surface area (Å²) in [6.45, 7) is 5.40. The number of aromatic carboxylic acids is 1. The topological polar surface area (TPSA) is 71.9 Å². The maximum atomic E-state index is 11.1. The lowest BCUT2D eigenvalue weighted by Gasteiger charge is -2.16. The summed E-state index contributed by atoms with van der Waals surface area (Å²) in [4.78, 5) is 17.5. The molecule has 108 valence electrons. The minimum absolute atomic E-state index is 0.184. The average Bonchev–Trinajstić information content (AvgIpc) is 2.73. The summed E-state index contributed by atoms with van der Waals surface area (Å²) < 4.78 is 10.4. The van der Waals surface area contributed by atoms with Crippen molar-refractivity contribution < 1.29 is 19.4 Å². The summed E-state index contributed by atoms with van der Waals surface area (Å²) in [5.74, 6) is -0.970. The number of rotatable bonds is 8. The first-order valence-corrected chi connectivity index (χ1v) is 6.82. The van der Waals surface area contributed by atoms with E-state index in [-0.39, 0.29) is 17.6 Å². The second kappa shape index (κ2) is 7.42. The molecule has 0 atom stereocenters. The van der Waals surface area contributed by atoms with Crippen LogP contribution in [0.5, 0.6) is 0 Å². The molecule has 0 spiro atoms. The number of nitrogens with zero attached hydrogens (tertiary/aromatic N) is 2. The lowest BCUT2D eigenvalue weighted by molar-refractivity contribution is 0.0696. The molecule has 0 amide bonds. The van der Waals surface area contributed by atoms with Crippen molar-refractivity contribution in [3.8, 4) is 0 Å². The van der Waals surface area contributed by atoms with Crippen molar-refractivity contribution in [3.63, 3.8) is 0 Å². The molecule has 7 heteroatoms. The Morgan fingerprint density at radius 2 is 2.21 bits per heavy atom. The first-order valence-electron chi connectivity index (χ1n) is 6.00. The van der Waals surface area contributed by atoms with E-state index in [4.69, 9.17) is 14.6 Å². The predicted octanol–water partition coefficient (Wildman–Crippen LogP) is 1.85. The molecule has 1 aromatic rings. The lowest BCUT2D eigenvalue weighted by atomic mass is 10.4. The quantitative estimate of drug-likeness (QED) is 0.787. The Balaban J connectivity index is 2.71. The summed E-state index contributed by atoms with van der Waals surface area (Å²) >= 11 is 1.15. The normalized spacial score (nSPS) is 11.0. The molecular weight excluding hydrogens is 268 g/mol. The van der Waals surface area contributed by atoms with Crippen LogP contribution in [0.2, 0.25) is 0 Å². The van der Waals surface area contributed by atoms with Crippen LogP contribution in [0.1, 0.15) is 29.2 Å². The van der Waals surface area contributed by atoms with Crippen molar-refractivity contribution in [2.75, 3.05) is 32.2 Å². The van der Waals surface area contributed by atoms with Crippen molar-refractivity contribution >= 4 is 22.4 Å². The minimum Gasteiger partial charge on any atom is -0.477 e. The van der Waals surface area contributed by atoms with E-state index in [2.05, 4.69) is 4.98 Å². The van der Waals surface area contributed by atoms with E-state index in [0.717, 1.165) is 11.3 Å². The van der Waals surface area contributed by atoms with Crippen LogP contribution in [0.25, 0.3) is 0 Å². The number of ether oxygens (including phenoxy) is 2. The summed E-state index contributed by atoms with van der Waals surface area (Å²) in [5, 5.41) is 9.77. The molecule has 0 aromatic carbocycles. The van der Waals surface area contributed by atoms with Gasteiger partial charge in [0.1, 0.15) is 4.88 Å². The third-order valence-corrected chi connectivity index (χ3v) is 3.57. The molecule has 6 nitrogen and oxygen atoms in total. The first-order chi connectivity index (χ1) is 8.95. The highest BCUT2D eigenvalue weighted by Gasteiger charge is 2.19. The second-order valence-electron chi connectivity index (χ2n) is 4.35. The zero-order valence-corrected chi connectivity index (χ0v) is 12.5. The van der Waals surface area contributed by atoms with E-state index in [9.17, 15) is 4.79 Å². The monoisotopic (exact) mass is 288 g/mol. The van der Waals surface area contributed by atoms with Gasteiger partial charge in [0.2, 0.25) is 0 Å². The molecule has 0 saturated carbocycles. The molecule has 0 radical (unpaired) electrons. The Morgan fingerprint density at radius 1 is 1.53 bits per heavy atom. The number of hydrogen-bond donors (Lipinski definition) is 1. The van der Waals surface area contributed by atoms with E-state index in [1.807, 2.05) is 25.8 Å². The fraction of sp³-hybridized carbons (Fsp3) is 0.667. The number of likely N-dealkylation sites (N-methyl/N-ethyl adjacent to an activating group) is 1. The number of anilines is 1. The molecule has 0 aliphatic heterocycles. The van der Waals surface area contributed by atoms with Crippen LogP contribution in [0.4, 0.5) is 5.13 Å². The van der Waals surface area contributed by atoms with Crippen LogP contribution in [0.15, 0.2) is 0 Å². The summed E-state index contributed by atoms with van der Waals surface area (Å²) in [6, 6.07) is 0. The highest BCUT2D eigenvalue weighted by Crippen LogP contribution is 2.26. The first kappa shape index (κ1) is 15.9. The molecular formula is C12H20N2O4S. The number of methoxy groups -OCH3 is 1. The van der Waals surface area contributed by atoms with Crippen LogP contribution in [0.3, 0.4) is 0 Å². The Morgan fingerprint density at radius 3 is 2.74 bits per heavy atom. The van der Waals surface area contributed by atoms with Crippen LogP contribution < -0.4 is 4.90 Å². The Labute approximate surface area is 117 Å². The standard InChI is InChI=1S/C12H20N2O4S/c1-8(2)18-6-5-14(3)12-13-9(7-17-4)10(19-12)11(15)16/h8H,5-7H2,1-4H3,(H,15,16). The van der Waals surface area contributed by atoms with Crippen LogP contribution in [0, 0.1) is 0 Å². The average molecular weight is 288 g/mol. The van der Waals surface area contributed by atoms with Gasteiger partial charge in [0.15, 0.2) is 5.13 Å². The van der Waals surface area contributed by atoms with Gasteiger partial charge in [0.25, 0.3) is 0 Å². The van der Waals surface area contributed by atoms with E-state index in [1.165, 1.54) is 7.11 Å². The minimum atomic E-state index is -0.970. The number of carboxylic acids is 1. The molecule has 1 rings (SSSR count). The lowest BCUT2D eigenvalue weighted by Crippen LogP contribution is -2.23. The Hall–Kier alpha value is -1.18. The molecule has 19 heavy (non-hydrogen) atoms. The van der Waals surface area contributed by atoms with Gasteiger partial charge in [-0.05, 0) is 13.8 Å². The SMILES string of the molecule is COCc1nc(N(C)CCOC(C)C)sc1C(=O)O. The number of carbonyl (C=O) groups is 1. The van der Waals surface area contributed by atoms with Crippen molar-refractivity contribution in [1.29, 1.82) is 0 Å². The van der Waals surface area contributed by atoms with Crippen molar-refractivity contribution in [1.82, 2.24) is 4.98 Å². The molecule has 0 aliphatic rings. The molecule has 0 unspecified atom stereocenters. The number of aromatic nitrogens is 1. The fourth-order valence-electron chi connectivity index (χ4n) is 1.43. The Kier molecular flexibility index (Phi) is 6.20. The molecule has 1 heterocycles. The van der Waals surface area contributed by atoms with Gasteiger partial charge in [0, 0.05) is 20.7 Å². The van der Waals surface area contributed by atoms with Crippen LogP contribution in [-0.4, -0.2) is 49.5 Å². The zero-order chi connectivity index (χ0) is 14.4. The second-order valence-corrected chi connectivity index (χ2v) is 5.33. The van der Waals surface area contributed by atoms with Gasteiger partial charge in [-0.3, -0.25) is 0 Å². The van der Waals surface area contributed by atoms with E-state index < -0.39 is 5.97 Å². The predicted molar refractivity (Wildman–Crippen MR) is 74.1 cm³/mol. The summed E-state index contributed by atoms with van der Waals surface area (Å²) in [6.07, 6.45) is 0.184. The highest BCUT2D eigenvalue weighted by atomic mass is 32.1. The third kappa shape index (κ3) is 4.77. The van der Waals surface area contributed by atoms with Crippen molar-refractivity contribution in [3.05, 3.63) is 10.6 Å². The van der Waals surface area contributed by atoms with E-state index in [0.29, 0.717) is 24.0 Å². The van der Waals surface area contributed by atoms with Gasteiger partial charge in [-0.25, -0.2) is 9.78 Å². The Bertz CT molecular complexity index is 420. The number of hydrogen-bond acceptors (Lipinski definition) is 6. The molecule has 0 bridgehead atoms. The van der Waals surface area contributed by atoms with E-state index in [1.54, 1.807) is 0 Å². The van der Waals surface area contributed by atoms with Gasteiger partial charge in [-0.15, -0.1) is 0 Å². The number of thiazole rings is 1. The summed E-state index contributed by atoms with van der Waals surface area (Å²) in [5.41, 5.74) is 0.464. The van der Waals surface area contributed by atoms with E-state index >= 15 is 0 Å². The summed E-state index contributed by atoms with van der Waals surface area (Å²) in [7, 11) is 3.38. The maximum Gasteiger partial charge on any atom is 0.347 e. The molecule has 0 aliphatic carbocycles. The van der Waals surface area contributed by atoms with Gasteiger partial charge in [-0.1, -0.05) is 11.3 Å². The van der Waals surface area contributed by atoms with Crippen molar-refractivity contribution in [2.45, 2.75) is 26.6 Å². The van der Waals surface area contributed by atoms with Gasteiger partial charge in [-0.2, -0.15) is 0 Å². The molecule has 1 N–H and O–H groups in total. The highest BCUT2D eigenvalue weighted by molar-refractivity contribution is 7.17. The zero-order valence-electron chi connectivity index (χ0n) is 11.7. The smallest absolute Gasteiger partial charge is 0.347 e. The van der Waals surface area contributed by atoms with Gasteiger partial charge < -0.3 is 19.5 Å². The fourth-order valence-corrected chi connectivity index (χ4v) is 2.32. The van der Waals surface area contributed by atoms with Crippen LogP contribution >= 0.6 is 11.3 Å². The molecule has 0 saturated heterocycles.